The molecule has 0 spiro atoms. The highest BCUT2D eigenvalue weighted by atomic mass is 16.1. The lowest BCUT2D eigenvalue weighted by atomic mass is 10.1. The Hall–Kier alpha value is -3.32. The predicted molar refractivity (Wildman–Crippen MR) is 104 cm³/mol. The van der Waals surface area contributed by atoms with Crippen molar-refractivity contribution in [1.29, 1.82) is 5.26 Å². The van der Waals surface area contributed by atoms with E-state index in [1.807, 2.05) is 67.7 Å². The summed E-state index contributed by atoms with van der Waals surface area (Å²) in [6, 6.07) is 18.2. The van der Waals surface area contributed by atoms with Crippen molar-refractivity contribution in [2.75, 3.05) is 0 Å². The van der Waals surface area contributed by atoms with Crippen molar-refractivity contribution in [3.8, 4) is 6.07 Å². The molecule has 0 atom stereocenters. The number of nitrogens with one attached hydrogen (secondary N) is 1. The lowest BCUT2D eigenvalue weighted by Crippen LogP contribution is -2.20. The first kappa shape index (κ1) is 17.5. The number of nitriles is 1. The summed E-state index contributed by atoms with van der Waals surface area (Å²) in [6.45, 7) is 3.19. The first-order valence-electron chi connectivity index (χ1n) is 8.64. The highest BCUT2D eigenvalue weighted by molar-refractivity contribution is 5.96. The number of aryl methyl sites for hydroxylation is 2. The number of carbonyl (C=O) groups excluding carboxylic acids is 1. The van der Waals surface area contributed by atoms with E-state index in [-0.39, 0.29) is 5.91 Å². The number of carbonyl (C=O) groups is 1. The lowest BCUT2D eigenvalue weighted by molar-refractivity contribution is -0.116. The van der Waals surface area contributed by atoms with Crippen LogP contribution in [-0.4, -0.2) is 10.5 Å². The van der Waals surface area contributed by atoms with Gasteiger partial charge in [-0.3, -0.25) is 4.79 Å². The minimum absolute atomic E-state index is 0.123. The van der Waals surface area contributed by atoms with E-state index in [1.165, 1.54) is 0 Å². The van der Waals surface area contributed by atoms with Crippen LogP contribution in [0.25, 0.3) is 17.0 Å². The molecule has 1 heterocycles. The molecule has 4 nitrogen and oxygen atoms in total. The number of para-hydroxylation sites is 1. The fraction of sp³-hybridized carbons (Fsp3) is 0.182. The van der Waals surface area contributed by atoms with Gasteiger partial charge in [-0.2, -0.15) is 5.26 Å². The predicted octanol–water partition coefficient (Wildman–Crippen LogP) is 4.19. The number of fused-ring (bicyclic) bond motifs is 1. The van der Waals surface area contributed by atoms with Crippen LogP contribution >= 0.6 is 0 Å². The Morgan fingerprint density at radius 2 is 1.96 bits per heavy atom. The van der Waals surface area contributed by atoms with E-state index in [1.54, 1.807) is 6.08 Å². The first-order valence-corrected chi connectivity index (χ1v) is 8.64. The van der Waals surface area contributed by atoms with E-state index in [0.29, 0.717) is 19.5 Å². The molecule has 0 unspecified atom stereocenters. The summed E-state index contributed by atoms with van der Waals surface area (Å²) in [5, 5.41) is 12.8. The Kier molecular flexibility index (Phi) is 5.50. The maximum Gasteiger partial charge on any atom is 0.244 e. The Morgan fingerprint density at radius 3 is 2.77 bits per heavy atom. The molecule has 3 aromatic rings. The molecule has 0 aliphatic heterocycles. The van der Waals surface area contributed by atoms with Gasteiger partial charge < -0.3 is 9.88 Å². The molecule has 1 amide bonds. The normalized spacial score (nSPS) is 10.9. The fourth-order valence-electron chi connectivity index (χ4n) is 2.98. The number of rotatable bonds is 6. The van der Waals surface area contributed by atoms with Gasteiger partial charge in [-0.15, -0.1) is 0 Å². The maximum atomic E-state index is 12.2. The average Bonchev–Trinajstić information content (AvgIpc) is 3.02. The van der Waals surface area contributed by atoms with Crippen LogP contribution in [0, 0.1) is 18.3 Å². The molecular weight excluding hydrogens is 322 g/mol. The second-order valence-electron chi connectivity index (χ2n) is 6.18. The third kappa shape index (κ3) is 4.01. The summed E-state index contributed by atoms with van der Waals surface area (Å²) in [6.07, 6.45) is 5.85. The van der Waals surface area contributed by atoms with Gasteiger partial charge >= 0.3 is 0 Å². The summed E-state index contributed by atoms with van der Waals surface area (Å²) >= 11 is 0. The van der Waals surface area contributed by atoms with Gasteiger partial charge in [-0.25, -0.2) is 0 Å². The quantitative estimate of drug-likeness (QED) is 0.682. The molecule has 1 aromatic heterocycles. The summed E-state index contributed by atoms with van der Waals surface area (Å²) in [7, 11) is 0. The molecule has 0 fully saturated rings. The standard InChI is InChI=1S/C22H21N3O/c1-17-7-2-3-8-18(17)15-24-22(26)12-11-19-16-25(14-6-13-23)21-10-5-4-9-20(19)21/h2-5,7-12,16H,6,14-15H2,1H3,(H,24,26)/b12-11+. The minimum atomic E-state index is -0.123. The van der Waals surface area contributed by atoms with Crippen molar-refractivity contribution in [3.05, 3.63) is 77.5 Å². The highest BCUT2D eigenvalue weighted by Crippen LogP contribution is 2.22. The first-order chi connectivity index (χ1) is 12.7. The van der Waals surface area contributed by atoms with E-state index >= 15 is 0 Å². The van der Waals surface area contributed by atoms with Gasteiger partial charge in [0.1, 0.15) is 0 Å². The second-order valence-corrected chi connectivity index (χ2v) is 6.18. The number of benzene rings is 2. The van der Waals surface area contributed by atoms with Gasteiger partial charge in [0, 0.05) is 41.8 Å². The van der Waals surface area contributed by atoms with Crippen molar-refractivity contribution in [3.63, 3.8) is 0 Å². The Labute approximate surface area is 153 Å². The van der Waals surface area contributed by atoms with Gasteiger partial charge in [0.15, 0.2) is 0 Å². The van der Waals surface area contributed by atoms with Crippen LogP contribution in [0.2, 0.25) is 0 Å². The monoisotopic (exact) mass is 343 g/mol. The van der Waals surface area contributed by atoms with Crippen LogP contribution in [0.4, 0.5) is 0 Å². The zero-order valence-electron chi connectivity index (χ0n) is 14.8. The Balaban J connectivity index is 1.72. The zero-order valence-corrected chi connectivity index (χ0v) is 14.8. The van der Waals surface area contributed by atoms with Crippen molar-refractivity contribution in [2.24, 2.45) is 0 Å². The number of hydrogen-bond donors (Lipinski definition) is 1. The number of hydrogen-bond acceptors (Lipinski definition) is 2. The third-order valence-electron chi connectivity index (χ3n) is 4.41. The van der Waals surface area contributed by atoms with E-state index in [2.05, 4.69) is 16.0 Å². The fourth-order valence-corrected chi connectivity index (χ4v) is 2.98. The zero-order chi connectivity index (χ0) is 18.4. The summed E-state index contributed by atoms with van der Waals surface area (Å²) in [5.74, 6) is -0.123. The number of nitrogens with zero attached hydrogens (tertiary/aromatic N) is 2. The topological polar surface area (TPSA) is 57.8 Å². The molecule has 130 valence electrons. The van der Waals surface area contributed by atoms with E-state index in [0.717, 1.165) is 27.6 Å². The Morgan fingerprint density at radius 1 is 1.19 bits per heavy atom. The highest BCUT2D eigenvalue weighted by Gasteiger charge is 2.06. The van der Waals surface area contributed by atoms with E-state index in [4.69, 9.17) is 5.26 Å². The van der Waals surface area contributed by atoms with Crippen LogP contribution < -0.4 is 5.32 Å². The molecule has 3 rings (SSSR count). The van der Waals surface area contributed by atoms with Crippen molar-refractivity contribution >= 4 is 22.9 Å². The molecule has 4 heteroatoms. The van der Waals surface area contributed by atoms with Crippen LogP contribution in [-0.2, 0) is 17.9 Å². The van der Waals surface area contributed by atoms with E-state index in [9.17, 15) is 4.79 Å². The third-order valence-corrected chi connectivity index (χ3v) is 4.41. The van der Waals surface area contributed by atoms with Crippen LogP contribution in [0.15, 0.2) is 60.8 Å². The molecule has 2 aromatic carbocycles. The molecule has 26 heavy (non-hydrogen) atoms. The largest absolute Gasteiger partial charge is 0.348 e. The maximum absolute atomic E-state index is 12.2. The van der Waals surface area contributed by atoms with Crippen LogP contribution in [0.1, 0.15) is 23.1 Å². The van der Waals surface area contributed by atoms with E-state index < -0.39 is 0 Å². The molecular formula is C22H21N3O. The summed E-state index contributed by atoms with van der Waals surface area (Å²) < 4.78 is 2.06. The van der Waals surface area contributed by atoms with Gasteiger partial charge in [0.2, 0.25) is 5.91 Å². The van der Waals surface area contributed by atoms with Gasteiger partial charge in [-0.1, -0.05) is 42.5 Å². The summed E-state index contributed by atoms with van der Waals surface area (Å²) in [5.41, 5.74) is 4.33. The molecule has 0 aliphatic carbocycles. The van der Waals surface area contributed by atoms with Gasteiger partial charge in [0.25, 0.3) is 0 Å². The van der Waals surface area contributed by atoms with Crippen LogP contribution in [0.3, 0.4) is 0 Å². The number of aromatic nitrogens is 1. The molecule has 0 aliphatic rings. The molecule has 0 bridgehead atoms. The van der Waals surface area contributed by atoms with Crippen molar-refractivity contribution in [2.45, 2.75) is 26.4 Å². The second kappa shape index (κ2) is 8.17. The lowest BCUT2D eigenvalue weighted by Gasteiger charge is -2.05. The molecule has 1 N–H and O–H groups in total. The molecule has 0 saturated carbocycles. The molecule has 0 radical (unpaired) electrons. The SMILES string of the molecule is Cc1ccccc1CNC(=O)/C=C/c1cn(CCC#N)c2ccccc12. The van der Waals surface area contributed by atoms with Crippen LogP contribution in [0.5, 0.6) is 0 Å². The average molecular weight is 343 g/mol. The Bertz CT molecular complexity index is 992. The van der Waals surface area contributed by atoms with Crippen molar-refractivity contribution < 1.29 is 4.79 Å². The van der Waals surface area contributed by atoms with Gasteiger partial charge in [-0.05, 0) is 30.2 Å². The minimum Gasteiger partial charge on any atom is -0.348 e. The van der Waals surface area contributed by atoms with Crippen molar-refractivity contribution in [1.82, 2.24) is 9.88 Å². The number of amides is 1. The van der Waals surface area contributed by atoms with Gasteiger partial charge in [0.05, 0.1) is 12.5 Å². The smallest absolute Gasteiger partial charge is 0.244 e. The molecule has 0 saturated heterocycles. The summed E-state index contributed by atoms with van der Waals surface area (Å²) in [4.78, 5) is 12.2.